The predicted octanol–water partition coefficient (Wildman–Crippen LogP) is 0.697. The number of primary amides is 1. The summed E-state index contributed by atoms with van der Waals surface area (Å²) in [5.41, 5.74) is 5.98. The maximum absolute atomic E-state index is 11.8. The van der Waals surface area contributed by atoms with Crippen LogP contribution in [-0.4, -0.2) is 36.8 Å². The summed E-state index contributed by atoms with van der Waals surface area (Å²) in [5.74, 6) is -2.53. The number of ether oxygens (including phenoxy) is 1. The average Bonchev–Trinajstić information content (AvgIpc) is 2.65. The van der Waals surface area contributed by atoms with Crippen LogP contribution in [0.5, 0.6) is 0 Å². The van der Waals surface area contributed by atoms with Crippen LogP contribution >= 0.6 is 0 Å². The maximum atomic E-state index is 11.8. The monoisotopic (exact) mass is 355 g/mol. The number of nitrogens with one attached hydrogen (secondary N) is 2. The molecule has 8 nitrogen and oxygen atoms in total. The molecule has 0 aromatic heterocycles. The summed E-state index contributed by atoms with van der Waals surface area (Å²) >= 11 is 0. The molecule has 0 atom stereocenters. The molecular formula is C18H17N3O5. The molecule has 2 aromatic carbocycles. The Hall–Kier alpha value is -3.68. The van der Waals surface area contributed by atoms with E-state index in [0.29, 0.717) is 5.56 Å². The van der Waals surface area contributed by atoms with Gasteiger partial charge in [0.15, 0.2) is 6.61 Å². The molecule has 26 heavy (non-hydrogen) atoms. The van der Waals surface area contributed by atoms with Crippen molar-refractivity contribution in [3.8, 4) is 0 Å². The summed E-state index contributed by atoms with van der Waals surface area (Å²) in [6, 6.07) is 14.5. The second kappa shape index (κ2) is 8.97. The van der Waals surface area contributed by atoms with E-state index in [1.807, 2.05) is 0 Å². The van der Waals surface area contributed by atoms with E-state index in [1.54, 1.807) is 42.5 Å². The van der Waals surface area contributed by atoms with Crippen LogP contribution < -0.4 is 16.4 Å². The van der Waals surface area contributed by atoms with Crippen LogP contribution in [0.2, 0.25) is 0 Å². The van der Waals surface area contributed by atoms with Crippen LogP contribution in [0.4, 0.5) is 5.69 Å². The highest BCUT2D eigenvalue weighted by molar-refractivity contribution is 6.03. The molecule has 8 heteroatoms. The lowest BCUT2D eigenvalue weighted by Crippen LogP contribution is -2.32. The second-order valence-corrected chi connectivity index (χ2v) is 5.17. The van der Waals surface area contributed by atoms with Gasteiger partial charge in [0, 0.05) is 5.56 Å². The third-order valence-corrected chi connectivity index (χ3v) is 3.26. The largest absolute Gasteiger partial charge is 0.454 e. The fourth-order valence-electron chi connectivity index (χ4n) is 2.03. The topological polar surface area (TPSA) is 128 Å². The number of rotatable bonds is 7. The molecule has 0 unspecified atom stereocenters. The van der Waals surface area contributed by atoms with Crippen LogP contribution in [0.3, 0.4) is 0 Å². The van der Waals surface area contributed by atoms with Crippen LogP contribution in [0.25, 0.3) is 0 Å². The van der Waals surface area contributed by atoms with Gasteiger partial charge in [-0.2, -0.15) is 0 Å². The van der Waals surface area contributed by atoms with Gasteiger partial charge >= 0.3 is 5.97 Å². The molecule has 0 aliphatic heterocycles. The van der Waals surface area contributed by atoms with Crippen LogP contribution in [0, 0.1) is 0 Å². The molecule has 0 fully saturated rings. The summed E-state index contributed by atoms with van der Waals surface area (Å²) in [6.45, 7) is -0.938. The van der Waals surface area contributed by atoms with Crippen molar-refractivity contribution in [3.63, 3.8) is 0 Å². The fourth-order valence-corrected chi connectivity index (χ4v) is 2.03. The Morgan fingerprint density at radius 2 is 1.58 bits per heavy atom. The lowest BCUT2D eigenvalue weighted by molar-refractivity contribution is -0.146. The van der Waals surface area contributed by atoms with E-state index in [9.17, 15) is 19.2 Å². The van der Waals surface area contributed by atoms with E-state index in [2.05, 4.69) is 10.6 Å². The molecule has 2 aromatic rings. The van der Waals surface area contributed by atoms with Gasteiger partial charge in [0.25, 0.3) is 17.7 Å². The molecule has 0 heterocycles. The minimum absolute atomic E-state index is 0.141. The molecule has 3 amide bonds. The highest BCUT2D eigenvalue weighted by atomic mass is 16.5. The van der Waals surface area contributed by atoms with Gasteiger partial charge in [0.1, 0.15) is 6.54 Å². The van der Waals surface area contributed by atoms with Crippen molar-refractivity contribution in [2.45, 2.75) is 0 Å². The van der Waals surface area contributed by atoms with E-state index < -0.39 is 30.3 Å². The number of para-hydroxylation sites is 1. The fraction of sp³-hybridized carbons (Fsp3) is 0.111. The van der Waals surface area contributed by atoms with E-state index in [0.717, 1.165) is 0 Å². The third-order valence-electron chi connectivity index (χ3n) is 3.26. The molecule has 2 rings (SSSR count). The van der Waals surface area contributed by atoms with Gasteiger partial charge in [-0.3, -0.25) is 19.2 Å². The zero-order chi connectivity index (χ0) is 18.9. The summed E-state index contributed by atoms with van der Waals surface area (Å²) in [5, 5.41) is 4.82. The second-order valence-electron chi connectivity index (χ2n) is 5.17. The van der Waals surface area contributed by atoms with E-state index in [4.69, 9.17) is 10.5 Å². The predicted molar refractivity (Wildman–Crippen MR) is 93.3 cm³/mol. The van der Waals surface area contributed by atoms with Gasteiger partial charge in [-0.05, 0) is 24.3 Å². The molecular weight excluding hydrogens is 338 g/mol. The highest BCUT2D eigenvalue weighted by Crippen LogP contribution is 2.13. The average molecular weight is 355 g/mol. The first kappa shape index (κ1) is 18.7. The van der Waals surface area contributed by atoms with E-state index >= 15 is 0 Å². The van der Waals surface area contributed by atoms with Crippen molar-refractivity contribution in [2.75, 3.05) is 18.5 Å². The first-order valence-corrected chi connectivity index (χ1v) is 7.65. The van der Waals surface area contributed by atoms with Gasteiger partial charge < -0.3 is 21.1 Å². The zero-order valence-corrected chi connectivity index (χ0v) is 13.7. The van der Waals surface area contributed by atoms with Crippen molar-refractivity contribution >= 4 is 29.4 Å². The molecule has 0 radical (unpaired) electrons. The van der Waals surface area contributed by atoms with Crippen molar-refractivity contribution in [1.29, 1.82) is 0 Å². The standard InChI is InChI=1S/C18H17N3O5/c19-17(24)13-8-4-5-9-14(13)21-15(22)11-26-16(23)10-20-18(25)12-6-2-1-3-7-12/h1-9H,10-11H2,(H2,19,24)(H,20,25)(H,21,22). The quantitative estimate of drug-likeness (QED) is 0.630. The van der Waals surface area contributed by atoms with Crippen LogP contribution in [0.15, 0.2) is 54.6 Å². The summed E-state index contributed by atoms with van der Waals surface area (Å²) < 4.78 is 4.78. The number of esters is 1. The molecule has 0 saturated carbocycles. The summed E-state index contributed by atoms with van der Waals surface area (Å²) in [6.07, 6.45) is 0. The first-order chi connectivity index (χ1) is 12.5. The number of benzene rings is 2. The van der Waals surface area contributed by atoms with Gasteiger partial charge in [0.05, 0.1) is 11.3 Å². The van der Waals surface area contributed by atoms with Crippen LogP contribution in [0.1, 0.15) is 20.7 Å². The molecule has 0 aliphatic rings. The summed E-state index contributed by atoms with van der Waals surface area (Å²) in [7, 11) is 0. The number of anilines is 1. The van der Waals surface area contributed by atoms with Crippen molar-refractivity contribution in [3.05, 3.63) is 65.7 Å². The number of amides is 3. The molecule has 0 saturated heterocycles. The van der Waals surface area contributed by atoms with Crippen LogP contribution in [-0.2, 0) is 14.3 Å². The van der Waals surface area contributed by atoms with E-state index in [-0.39, 0.29) is 17.8 Å². The normalized spacial score (nSPS) is 9.85. The molecule has 0 bridgehead atoms. The van der Waals surface area contributed by atoms with Crippen molar-refractivity contribution in [1.82, 2.24) is 5.32 Å². The minimum Gasteiger partial charge on any atom is -0.454 e. The smallest absolute Gasteiger partial charge is 0.325 e. The number of hydrogen-bond acceptors (Lipinski definition) is 5. The van der Waals surface area contributed by atoms with Gasteiger partial charge in [-0.25, -0.2) is 0 Å². The molecule has 0 spiro atoms. The minimum atomic E-state index is -0.771. The summed E-state index contributed by atoms with van der Waals surface area (Å²) in [4.78, 5) is 46.5. The lowest BCUT2D eigenvalue weighted by atomic mass is 10.1. The van der Waals surface area contributed by atoms with Crippen molar-refractivity contribution < 1.29 is 23.9 Å². The Morgan fingerprint density at radius 3 is 2.27 bits per heavy atom. The Morgan fingerprint density at radius 1 is 0.923 bits per heavy atom. The number of nitrogens with two attached hydrogens (primary N) is 1. The Bertz CT molecular complexity index is 821. The van der Waals surface area contributed by atoms with Gasteiger partial charge in [0.2, 0.25) is 0 Å². The van der Waals surface area contributed by atoms with Gasteiger partial charge in [-0.15, -0.1) is 0 Å². The van der Waals surface area contributed by atoms with Crippen molar-refractivity contribution in [2.24, 2.45) is 5.73 Å². The SMILES string of the molecule is NC(=O)c1ccccc1NC(=O)COC(=O)CNC(=O)c1ccccc1. The van der Waals surface area contributed by atoms with Gasteiger partial charge in [-0.1, -0.05) is 30.3 Å². The molecule has 4 N–H and O–H groups in total. The highest BCUT2D eigenvalue weighted by Gasteiger charge is 2.13. The molecule has 134 valence electrons. The Balaban J connectivity index is 1.78. The number of carbonyl (C=O) groups is 4. The Kier molecular flexibility index (Phi) is 6.44. The third kappa shape index (κ3) is 5.45. The number of carbonyl (C=O) groups excluding carboxylic acids is 4. The van der Waals surface area contributed by atoms with E-state index in [1.165, 1.54) is 12.1 Å². The number of hydrogen-bond donors (Lipinski definition) is 3. The maximum Gasteiger partial charge on any atom is 0.325 e. The Labute approximate surface area is 149 Å². The molecule has 0 aliphatic carbocycles. The lowest BCUT2D eigenvalue weighted by Gasteiger charge is -2.09. The zero-order valence-electron chi connectivity index (χ0n) is 13.7. The first-order valence-electron chi connectivity index (χ1n) is 7.65.